The smallest absolute Gasteiger partial charge is 0.408 e. The van der Waals surface area contributed by atoms with E-state index >= 15 is 0 Å². The van der Waals surface area contributed by atoms with Gasteiger partial charge in [-0.3, -0.25) is 9.69 Å². The molecule has 2 rings (SSSR count). The molecule has 1 fully saturated rings. The monoisotopic (exact) mass is 414 g/mol. The third-order valence-electron chi connectivity index (χ3n) is 5.90. The fraction of sp³-hybridized carbons (Fsp3) is 0.609. The van der Waals surface area contributed by atoms with E-state index in [1.165, 1.54) is 0 Å². The number of hydrogen-bond acceptors (Lipinski definition) is 5. The van der Waals surface area contributed by atoms with Crippen molar-refractivity contribution in [3.63, 3.8) is 0 Å². The second kappa shape index (κ2) is 10.4. The van der Waals surface area contributed by atoms with Gasteiger partial charge < -0.3 is 15.0 Å². The van der Waals surface area contributed by atoms with Crippen LogP contribution in [0.3, 0.4) is 0 Å². The molecule has 0 aliphatic carbocycles. The van der Waals surface area contributed by atoms with Crippen LogP contribution in [0, 0.1) is 17.2 Å². The molecule has 30 heavy (non-hydrogen) atoms. The SMILES string of the molecule is CC(C)CC(OC(=O)NCc1ccccc1)C(=O)N(C)C1CCN(C)C(C)(C#N)C1. The van der Waals surface area contributed by atoms with E-state index in [2.05, 4.69) is 11.4 Å². The molecule has 1 heterocycles. The lowest BCUT2D eigenvalue weighted by Crippen LogP contribution is -2.56. The number of benzene rings is 1. The first-order chi connectivity index (χ1) is 14.2. The average molecular weight is 415 g/mol. The second-order valence-corrected chi connectivity index (χ2v) is 8.77. The van der Waals surface area contributed by atoms with Gasteiger partial charge in [0, 0.05) is 26.2 Å². The van der Waals surface area contributed by atoms with Gasteiger partial charge in [0.1, 0.15) is 5.54 Å². The zero-order valence-corrected chi connectivity index (χ0v) is 18.7. The number of hydrogen-bond donors (Lipinski definition) is 1. The minimum Gasteiger partial charge on any atom is -0.436 e. The maximum Gasteiger partial charge on any atom is 0.408 e. The van der Waals surface area contributed by atoms with Crippen LogP contribution >= 0.6 is 0 Å². The van der Waals surface area contributed by atoms with Crippen molar-refractivity contribution in [3.05, 3.63) is 35.9 Å². The molecule has 0 radical (unpaired) electrons. The van der Waals surface area contributed by atoms with Gasteiger partial charge in [-0.25, -0.2) is 4.79 Å². The molecule has 164 valence electrons. The highest BCUT2D eigenvalue weighted by molar-refractivity contribution is 5.83. The fourth-order valence-electron chi connectivity index (χ4n) is 3.74. The Balaban J connectivity index is 2.01. The number of nitrogens with zero attached hydrogens (tertiary/aromatic N) is 3. The summed E-state index contributed by atoms with van der Waals surface area (Å²) in [5, 5.41) is 12.3. The molecular weight excluding hydrogens is 380 g/mol. The predicted molar refractivity (Wildman–Crippen MR) is 115 cm³/mol. The van der Waals surface area contributed by atoms with Crippen LogP contribution in [0.15, 0.2) is 30.3 Å². The molecule has 2 amide bonds. The fourth-order valence-corrected chi connectivity index (χ4v) is 3.74. The van der Waals surface area contributed by atoms with E-state index in [0.717, 1.165) is 18.5 Å². The largest absolute Gasteiger partial charge is 0.436 e. The lowest BCUT2D eigenvalue weighted by Gasteiger charge is -2.44. The molecule has 0 bridgehead atoms. The molecule has 1 aromatic carbocycles. The van der Waals surface area contributed by atoms with E-state index in [4.69, 9.17) is 4.74 Å². The van der Waals surface area contributed by atoms with Crippen molar-refractivity contribution in [1.82, 2.24) is 15.1 Å². The molecule has 1 saturated heterocycles. The summed E-state index contributed by atoms with van der Waals surface area (Å²) in [6, 6.07) is 11.8. The van der Waals surface area contributed by atoms with Crippen LogP contribution in [0.5, 0.6) is 0 Å². The van der Waals surface area contributed by atoms with Gasteiger partial charge in [0.2, 0.25) is 0 Å². The van der Waals surface area contributed by atoms with Crippen LogP contribution in [0.25, 0.3) is 0 Å². The Kier molecular flexibility index (Phi) is 8.24. The molecule has 0 spiro atoms. The summed E-state index contributed by atoms with van der Waals surface area (Å²) in [4.78, 5) is 29.2. The molecule has 1 N–H and O–H groups in total. The molecule has 1 aliphatic rings. The van der Waals surface area contributed by atoms with Gasteiger partial charge in [0.25, 0.3) is 5.91 Å². The second-order valence-electron chi connectivity index (χ2n) is 8.77. The molecule has 7 nitrogen and oxygen atoms in total. The summed E-state index contributed by atoms with van der Waals surface area (Å²) >= 11 is 0. The van der Waals surface area contributed by atoms with Crippen molar-refractivity contribution in [1.29, 1.82) is 5.26 Å². The number of piperidine rings is 1. The third-order valence-corrected chi connectivity index (χ3v) is 5.90. The van der Waals surface area contributed by atoms with Crippen molar-refractivity contribution in [2.75, 3.05) is 20.6 Å². The van der Waals surface area contributed by atoms with Crippen LogP contribution < -0.4 is 5.32 Å². The van der Waals surface area contributed by atoms with Crippen LogP contribution in [0.1, 0.15) is 45.6 Å². The number of carbonyl (C=O) groups is 2. The summed E-state index contributed by atoms with van der Waals surface area (Å²) in [7, 11) is 3.68. The molecular formula is C23H34N4O3. The van der Waals surface area contributed by atoms with Gasteiger partial charge in [-0.1, -0.05) is 44.2 Å². The van der Waals surface area contributed by atoms with Gasteiger partial charge >= 0.3 is 6.09 Å². The summed E-state index contributed by atoms with van der Waals surface area (Å²) < 4.78 is 5.54. The highest BCUT2D eigenvalue weighted by Crippen LogP contribution is 2.29. The van der Waals surface area contributed by atoms with Crippen LogP contribution in [0.4, 0.5) is 4.79 Å². The normalized spacial score (nSPS) is 22.8. The van der Waals surface area contributed by atoms with Crippen molar-refractivity contribution in [2.45, 2.75) is 64.3 Å². The Bertz CT molecular complexity index is 761. The first kappa shape index (κ1) is 23.7. The first-order valence-electron chi connectivity index (χ1n) is 10.5. The van der Waals surface area contributed by atoms with E-state index in [0.29, 0.717) is 19.4 Å². The molecule has 1 aliphatic heterocycles. The Morgan fingerprint density at radius 2 is 2.03 bits per heavy atom. The number of likely N-dealkylation sites (N-methyl/N-ethyl adjacent to an activating group) is 1. The molecule has 0 aromatic heterocycles. The summed E-state index contributed by atoms with van der Waals surface area (Å²) in [5.74, 6) is -0.0236. The number of rotatable bonds is 7. The standard InChI is InChI=1S/C23H34N4O3/c1-17(2)13-20(30-22(29)25-15-18-9-7-6-8-10-18)21(28)27(5)19-11-12-26(4)23(3,14-19)16-24/h6-10,17,19-20H,11-15H2,1-5H3,(H,25,29). The Morgan fingerprint density at radius 3 is 2.63 bits per heavy atom. The van der Waals surface area contributed by atoms with Gasteiger partial charge in [-0.15, -0.1) is 0 Å². The quantitative estimate of drug-likeness (QED) is 0.741. The lowest BCUT2D eigenvalue weighted by molar-refractivity contribution is -0.143. The van der Waals surface area contributed by atoms with Gasteiger partial charge in [-0.05, 0) is 44.7 Å². The Labute approximate surface area is 180 Å². The van der Waals surface area contributed by atoms with Crippen molar-refractivity contribution >= 4 is 12.0 Å². The molecule has 3 atom stereocenters. The maximum atomic E-state index is 13.2. The van der Waals surface area contributed by atoms with Crippen LogP contribution in [-0.4, -0.2) is 60.1 Å². The molecule has 3 unspecified atom stereocenters. The average Bonchev–Trinajstić information content (AvgIpc) is 2.73. The summed E-state index contributed by atoms with van der Waals surface area (Å²) in [5.41, 5.74) is 0.347. The predicted octanol–water partition coefficient (Wildman–Crippen LogP) is 3.16. The highest BCUT2D eigenvalue weighted by atomic mass is 16.6. The van der Waals surface area contributed by atoms with Gasteiger partial charge in [-0.2, -0.15) is 5.26 Å². The molecule has 1 aromatic rings. The minimum atomic E-state index is -0.848. The van der Waals surface area contributed by atoms with E-state index in [1.807, 2.05) is 63.1 Å². The number of amides is 2. The number of nitriles is 1. The maximum absolute atomic E-state index is 13.2. The topological polar surface area (TPSA) is 85.7 Å². The minimum absolute atomic E-state index is 0.0657. The number of nitrogens with one attached hydrogen (secondary N) is 1. The molecule has 0 saturated carbocycles. The summed E-state index contributed by atoms with van der Waals surface area (Å²) in [6.07, 6.45) is 0.348. The number of ether oxygens (including phenoxy) is 1. The number of carbonyl (C=O) groups excluding carboxylic acids is 2. The Hall–Kier alpha value is -2.59. The van der Waals surface area contributed by atoms with E-state index in [1.54, 1.807) is 11.9 Å². The van der Waals surface area contributed by atoms with Crippen LogP contribution in [0.2, 0.25) is 0 Å². The van der Waals surface area contributed by atoms with Crippen molar-refractivity contribution < 1.29 is 14.3 Å². The third kappa shape index (κ3) is 6.20. The van der Waals surface area contributed by atoms with Crippen LogP contribution in [-0.2, 0) is 16.1 Å². The van der Waals surface area contributed by atoms with E-state index in [-0.39, 0.29) is 17.9 Å². The van der Waals surface area contributed by atoms with Gasteiger partial charge in [0.05, 0.1) is 6.07 Å². The Morgan fingerprint density at radius 1 is 1.37 bits per heavy atom. The number of alkyl carbamates (subject to hydrolysis) is 1. The van der Waals surface area contributed by atoms with Crippen molar-refractivity contribution in [3.8, 4) is 6.07 Å². The van der Waals surface area contributed by atoms with Gasteiger partial charge in [0.15, 0.2) is 6.10 Å². The lowest BCUT2D eigenvalue weighted by atomic mass is 9.86. The molecule has 7 heteroatoms. The number of likely N-dealkylation sites (tertiary alicyclic amines) is 1. The van der Waals surface area contributed by atoms with E-state index < -0.39 is 17.7 Å². The highest BCUT2D eigenvalue weighted by Gasteiger charge is 2.40. The zero-order chi connectivity index (χ0) is 22.3. The zero-order valence-electron chi connectivity index (χ0n) is 18.7. The van der Waals surface area contributed by atoms with Crippen molar-refractivity contribution in [2.24, 2.45) is 5.92 Å². The van der Waals surface area contributed by atoms with E-state index in [9.17, 15) is 14.9 Å². The summed E-state index contributed by atoms with van der Waals surface area (Å²) in [6.45, 7) is 6.96. The first-order valence-corrected chi connectivity index (χ1v) is 10.5.